The number of ether oxygens (including phenoxy) is 2. The second-order valence-electron chi connectivity index (χ2n) is 11.3. The van der Waals surface area contributed by atoms with Crippen LogP contribution in [0.3, 0.4) is 0 Å². The first-order chi connectivity index (χ1) is 22.6. The molecule has 7 rings (SSSR count). The Hall–Kier alpha value is -4.83. The number of fused-ring (bicyclic) bond motifs is 2. The number of nitrogens with two attached hydrogens (primary N) is 1. The van der Waals surface area contributed by atoms with Gasteiger partial charge in [-0.3, -0.25) is 15.2 Å². The predicted octanol–water partition coefficient (Wildman–Crippen LogP) is 1.70. The molecule has 46 heavy (non-hydrogen) atoms. The van der Waals surface area contributed by atoms with Crippen molar-refractivity contribution < 1.29 is 9.47 Å². The van der Waals surface area contributed by atoms with Crippen molar-refractivity contribution >= 4 is 51.4 Å². The number of nitrogens with one attached hydrogen (secondary N) is 4. The SMILES string of the molecule is N=C1C=C(N)C(=Nc2c(NCCN3CCOCC3)nn3ccccc23)NC1=Nc1c(NCCN2CCOCC2)nn2ccccc12. The molecule has 0 amide bonds. The van der Waals surface area contributed by atoms with Crippen molar-refractivity contribution in [3.8, 4) is 0 Å². The summed E-state index contributed by atoms with van der Waals surface area (Å²) in [5, 5.41) is 28.4. The lowest BCUT2D eigenvalue weighted by Gasteiger charge is -2.26. The minimum atomic E-state index is 0.148. The van der Waals surface area contributed by atoms with E-state index in [-0.39, 0.29) is 5.71 Å². The molecule has 2 fully saturated rings. The van der Waals surface area contributed by atoms with E-state index in [0.717, 1.165) is 76.7 Å². The van der Waals surface area contributed by atoms with E-state index in [1.54, 1.807) is 15.1 Å². The van der Waals surface area contributed by atoms with Gasteiger partial charge in [0.15, 0.2) is 23.3 Å². The van der Waals surface area contributed by atoms with Gasteiger partial charge in [-0.2, -0.15) is 0 Å². The number of rotatable bonds is 10. The van der Waals surface area contributed by atoms with Crippen molar-refractivity contribution in [1.29, 1.82) is 5.41 Å². The summed E-state index contributed by atoms with van der Waals surface area (Å²) >= 11 is 0. The quantitative estimate of drug-likeness (QED) is 0.175. The summed E-state index contributed by atoms with van der Waals surface area (Å²) in [6, 6.07) is 11.7. The van der Waals surface area contributed by atoms with Crippen molar-refractivity contribution in [3.63, 3.8) is 0 Å². The molecular weight excluding hydrogens is 586 g/mol. The van der Waals surface area contributed by atoms with Crippen LogP contribution in [0.2, 0.25) is 0 Å². The number of morpholine rings is 2. The molecule has 4 aromatic heterocycles. The predicted molar refractivity (Wildman–Crippen MR) is 179 cm³/mol. The highest BCUT2D eigenvalue weighted by molar-refractivity contribution is 6.50. The van der Waals surface area contributed by atoms with E-state index in [9.17, 15) is 0 Å². The lowest BCUT2D eigenvalue weighted by atomic mass is 10.2. The summed E-state index contributed by atoms with van der Waals surface area (Å²) in [6.07, 6.45) is 5.35. The average molecular weight is 626 g/mol. The van der Waals surface area contributed by atoms with Gasteiger partial charge in [0, 0.05) is 64.8 Å². The zero-order valence-electron chi connectivity index (χ0n) is 25.7. The maximum atomic E-state index is 8.72. The van der Waals surface area contributed by atoms with Crippen LogP contribution < -0.4 is 21.7 Å². The monoisotopic (exact) mass is 625 g/mol. The fourth-order valence-corrected chi connectivity index (χ4v) is 5.69. The summed E-state index contributed by atoms with van der Waals surface area (Å²) in [5.74, 6) is 2.00. The van der Waals surface area contributed by atoms with Crippen molar-refractivity contribution in [2.75, 3.05) is 89.4 Å². The van der Waals surface area contributed by atoms with Crippen LogP contribution in [0.15, 0.2) is 70.5 Å². The maximum Gasteiger partial charge on any atom is 0.175 e. The van der Waals surface area contributed by atoms with Crippen LogP contribution >= 0.6 is 0 Å². The molecule has 4 aromatic rings. The molecule has 0 radical (unpaired) electrons. The summed E-state index contributed by atoms with van der Waals surface area (Å²) in [4.78, 5) is 14.6. The van der Waals surface area contributed by atoms with Crippen LogP contribution in [-0.2, 0) is 9.47 Å². The molecule has 15 nitrogen and oxygen atoms in total. The molecule has 3 aliphatic rings. The van der Waals surface area contributed by atoms with Gasteiger partial charge in [0.25, 0.3) is 0 Å². The van der Waals surface area contributed by atoms with Crippen molar-refractivity contribution in [3.05, 3.63) is 60.6 Å². The van der Waals surface area contributed by atoms with E-state index in [4.69, 9.17) is 40.8 Å². The average Bonchev–Trinajstić information content (AvgIpc) is 3.61. The topological polar surface area (TPSA) is 170 Å². The summed E-state index contributed by atoms with van der Waals surface area (Å²) in [6.45, 7) is 9.80. The highest BCUT2D eigenvalue weighted by Crippen LogP contribution is 2.32. The Labute approximate surface area is 266 Å². The van der Waals surface area contributed by atoms with E-state index < -0.39 is 0 Å². The second-order valence-corrected chi connectivity index (χ2v) is 11.3. The summed E-state index contributed by atoms with van der Waals surface area (Å²) in [7, 11) is 0. The van der Waals surface area contributed by atoms with Crippen LogP contribution in [0, 0.1) is 5.41 Å². The van der Waals surface area contributed by atoms with Gasteiger partial charge in [-0.25, -0.2) is 19.0 Å². The molecule has 240 valence electrons. The molecular formula is C31H39N13O2. The normalized spacial score (nSPS) is 20.0. The van der Waals surface area contributed by atoms with Gasteiger partial charge < -0.3 is 31.2 Å². The van der Waals surface area contributed by atoms with Gasteiger partial charge >= 0.3 is 0 Å². The Morgan fingerprint density at radius 2 is 1.26 bits per heavy atom. The molecule has 0 bridgehead atoms. The standard InChI is InChI=1S/C31H39N13O2/c32-22-21-23(33)29(37-27-25-6-2-4-10-44(25)40-31(27)35-8-12-42-15-19-46-20-16-42)38-28(22)36-26-24-5-1-3-9-43(24)39-30(26)34-7-11-41-13-17-45-18-14-41/h1-6,9-10,21,32H,7-8,11-20,33H2,(H,34,39)(H,35,40)(H,36,37,38). The Balaban J connectivity index is 1.16. The number of aliphatic imine (C=N–C) groups is 2. The fraction of sp³-hybridized carbons (Fsp3) is 0.387. The largest absolute Gasteiger partial charge is 0.396 e. The third-order valence-electron chi connectivity index (χ3n) is 8.19. The van der Waals surface area contributed by atoms with E-state index in [0.29, 0.717) is 53.5 Å². The van der Waals surface area contributed by atoms with Gasteiger partial charge in [0.2, 0.25) is 0 Å². The van der Waals surface area contributed by atoms with Crippen LogP contribution in [-0.4, -0.2) is 125 Å². The number of anilines is 2. The minimum Gasteiger partial charge on any atom is -0.396 e. The third kappa shape index (κ3) is 6.57. The Kier molecular flexibility index (Phi) is 8.87. The molecule has 0 aliphatic carbocycles. The summed E-state index contributed by atoms with van der Waals surface area (Å²) in [5.41, 5.74) is 9.83. The second kappa shape index (κ2) is 13.7. The lowest BCUT2D eigenvalue weighted by molar-refractivity contribution is 0.0398. The number of aromatic nitrogens is 4. The number of nitrogens with zero attached hydrogens (tertiary/aromatic N) is 8. The van der Waals surface area contributed by atoms with Crippen LogP contribution in [0.25, 0.3) is 11.0 Å². The molecule has 0 atom stereocenters. The molecule has 6 N–H and O–H groups in total. The van der Waals surface area contributed by atoms with Gasteiger partial charge in [-0.15, -0.1) is 10.2 Å². The van der Waals surface area contributed by atoms with Gasteiger partial charge in [-0.05, 0) is 30.3 Å². The van der Waals surface area contributed by atoms with Gasteiger partial charge in [0.1, 0.15) is 11.4 Å². The molecule has 0 spiro atoms. The number of amidine groups is 2. The molecule has 0 aromatic carbocycles. The van der Waals surface area contributed by atoms with Crippen molar-refractivity contribution in [2.45, 2.75) is 0 Å². The van der Waals surface area contributed by atoms with E-state index in [1.165, 1.54) is 0 Å². The Morgan fingerprint density at radius 1 is 0.761 bits per heavy atom. The van der Waals surface area contributed by atoms with Crippen molar-refractivity contribution in [2.24, 2.45) is 15.7 Å². The molecule has 15 heteroatoms. The number of hydrogen-bond acceptors (Lipinski definition) is 12. The zero-order chi connectivity index (χ0) is 31.3. The first-order valence-corrected chi connectivity index (χ1v) is 15.7. The van der Waals surface area contributed by atoms with Crippen molar-refractivity contribution in [1.82, 2.24) is 34.3 Å². The first-order valence-electron chi connectivity index (χ1n) is 15.7. The highest BCUT2D eigenvalue weighted by Gasteiger charge is 2.23. The smallest absolute Gasteiger partial charge is 0.175 e. The maximum absolute atomic E-state index is 8.72. The third-order valence-corrected chi connectivity index (χ3v) is 8.19. The highest BCUT2D eigenvalue weighted by atomic mass is 16.5. The number of pyridine rings is 2. The van der Waals surface area contributed by atoms with Gasteiger partial charge in [-0.1, -0.05) is 12.1 Å². The minimum absolute atomic E-state index is 0.148. The van der Waals surface area contributed by atoms with E-state index in [1.807, 2.05) is 48.8 Å². The van der Waals surface area contributed by atoms with E-state index in [2.05, 4.69) is 25.8 Å². The fourth-order valence-electron chi connectivity index (χ4n) is 5.69. The molecule has 7 heterocycles. The van der Waals surface area contributed by atoms with Gasteiger partial charge in [0.05, 0.1) is 48.9 Å². The molecule has 0 unspecified atom stereocenters. The van der Waals surface area contributed by atoms with Crippen LogP contribution in [0.4, 0.5) is 23.0 Å². The van der Waals surface area contributed by atoms with E-state index >= 15 is 0 Å². The molecule has 0 saturated carbocycles. The molecule has 3 aliphatic heterocycles. The van der Waals surface area contributed by atoms with Crippen LogP contribution in [0.1, 0.15) is 0 Å². The zero-order valence-corrected chi connectivity index (χ0v) is 25.7. The first kappa shape index (κ1) is 29.9. The lowest BCUT2D eigenvalue weighted by Crippen LogP contribution is -2.42. The Bertz CT molecular complexity index is 1790. The van der Waals surface area contributed by atoms with Crippen LogP contribution in [0.5, 0.6) is 0 Å². The Morgan fingerprint density at radius 3 is 1.78 bits per heavy atom. The number of hydrogen-bond donors (Lipinski definition) is 5. The molecule has 2 saturated heterocycles. The summed E-state index contributed by atoms with van der Waals surface area (Å²) < 4.78 is 14.5.